The summed E-state index contributed by atoms with van der Waals surface area (Å²) in [6.07, 6.45) is 0. The van der Waals surface area contributed by atoms with Crippen molar-refractivity contribution in [1.82, 2.24) is 15.5 Å². The van der Waals surface area contributed by atoms with E-state index in [4.69, 9.17) is 12.2 Å². The molecule has 0 aliphatic carbocycles. The summed E-state index contributed by atoms with van der Waals surface area (Å²) in [5.74, 6) is 0.415. The summed E-state index contributed by atoms with van der Waals surface area (Å²) < 4.78 is 0.595. The van der Waals surface area contributed by atoms with Crippen LogP contribution in [0.4, 0.5) is 5.13 Å². The maximum Gasteiger partial charge on any atom is 0.242 e. The molecule has 0 radical (unpaired) electrons. The molecule has 16 heavy (non-hydrogen) atoms. The van der Waals surface area contributed by atoms with Gasteiger partial charge in [-0.1, -0.05) is 25.2 Å². The number of rotatable bonds is 5. The van der Waals surface area contributed by atoms with Crippen LogP contribution in [0.3, 0.4) is 0 Å². The SMILES string of the molecule is CC(C)CNC(=O)C(C)Nc1n[nH]c(=S)s1. The predicted molar refractivity (Wildman–Crippen MR) is 68.2 cm³/mol. The Kier molecular flexibility index (Phi) is 4.88. The molecule has 1 rings (SSSR count). The summed E-state index contributed by atoms with van der Waals surface area (Å²) >= 11 is 6.21. The van der Waals surface area contributed by atoms with E-state index in [1.165, 1.54) is 11.3 Å². The van der Waals surface area contributed by atoms with Gasteiger partial charge in [-0.2, -0.15) is 0 Å². The molecule has 1 atom stereocenters. The van der Waals surface area contributed by atoms with Gasteiger partial charge in [0.25, 0.3) is 0 Å². The Morgan fingerprint density at radius 3 is 2.75 bits per heavy atom. The van der Waals surface area contributed by atoms with E-state index in [1.54, 1.807) is 6.92 Å². The molecule has 1 heterocycles. The molecule has 0 saturated carbocycles. The van der Waals surface area contributed by atoms with Crippen LogP contribution in [0.15, 0.2) is 0 Å². The fraction of sp³-hybridized carbons (Fsp3) is 0.667. The zero-order chi connectivity index (χ0) is 12.1. The molecule has 1 unspecified atom stereocenters. The van der Waals surface area contributed by atoms with Crippen molar-refractivity contribution in [3.8, 4) is 0 Å². The first kappa shape index (κ1) is 13.1. The standard InChI is InChI=1S/C9H16N4OS2/c1-5(2)4-10-7(14)6(3)11-8-12-13-9(15)16-8/h5-6H,4H2,1-3H3,(H,10,14)(H,11,12)(H,13,15). The van der Waals surface area contributed by atoms with Crippen LogP contribution in [0.25, 0.3) is 0 Å². The van der Waals surface area contributed by atoms with E-state index in [-0.39, 0.29) is 11.9 Å². The monoisotopic (exact) mass is 260 g/mol. The van der Waals surface area contributed by atoms with Crippen LogP contribution in [0, 0.1) is 9.87 Å². The Balaban J connectivity index is 2.42. The average molecular weight is 260 g/mol. The second-order valence-electron chi connectivity index (χ2n) is 3.92. The highest BCUT2D eigenvalue weighted by Crippen LogP contribution is 2.11. The first-order valence-electron chi connectivity index (χ1n) is 5.08. The smallest absolute Gasteiger partial charge is 0.242 e. The van der Waals surface area contributed by atoms with Gasteiger partial charge in [0.15, 0.2) is 3.95 Å². The molecule has 0 fully saturated rings. The lowest BCUT2D eigenvalue weighted by Crippen LogP contribution is -2.39. The number of aromatic nitrogens is 2. The lowest BCUT2D eigenvalue weighted by molar-refractivity contribution is -0.121. The fourth-order valence-electron chi connectivity index (χ4n) is 1.00. The van der Waals surface area contributed by atoms with E-state index in [1.807, 2.05) is 0 Å². The molecule has 7 heteroatoms. The number of nitrogens with zero attached hydrogens (tertiary/aromatic N) is 1. The molecule has 0 aliphatic heterocycles. The maximum atomic E-state index is 11.6. The Labute approximate surface area is 104 Å². The van der Waals surface area contributed by atoms with E-state index < -0.39 is 0 Å². The molecule has 3 N–H and O–H groups in total. The number of nitrogens with one attached hydrogen (secondary N) is 3. The van der Waals surface area contributed by atoms with Crippen LogP contribution >= 0.6 is 23.6 Å². The van der Waals surface area contributed by atoms with Crippen LogP contribution < -0.4 is 10.6 Å². The quantitative estimate of drug-likeness (QED) is 0.706. The Morgan fingerprint density at radius 2 is 2.25 bits per heavy atom. The van der Waals surface area contributed by atoms with Crippen molar-refractivity contribution < 1.29 is 4.79 Å². The number of H-pyrrole nitrogens is 1. The van der Waals surface area contributed by atoms with Gasteiger partial charge in [-0.15, -0.1) is 5.10 Å². The molecular formula is C9H16N4OS2. The molecule has 1 amide bonds. The number of hydrogen-bond donors (Lipinski definition) is 3. The number of aromatic amines is 1. The summed E-state index contributed by atoms with van der Waals surface area (Å²) in [6.45, 7) is 6.58. The molecule has 1 aromatic rings. The van der Waals surface area contributed by atoms with E-state index >= 15 is 0 Å². The van der Waals surface area contributed by atoms with Crippen LogP contribution in [0.1, 0.15) is 20.8 Å². The van der Waals surface area contributed by atoms with Crippen LogP contribution in [0.5, 0.6) is 0 Å². The van der Waals surface area contributed by atoms with Crippen molar-refractivity contribution in [2.45, 2.75) is 26.8 Å². The van der Waals surface area contributed by atoms with Crippen molar-refractivity contribution >= 4 is 34.6 Å². The second-order valence-corrected chi connectivity index (χ2v) is 5.59. The minimum Gasteiger partial charge on any atom is -0.354 e. The van der Waals surface area contributed by atoms with E-state index in [0.29, 0.717) is 21.5 Å². The van der Waals surface area contributed by atoms with Gasteiger partial charge in [0.1, 0.15) is 6.04 Å². The van der Waals surface area contributed by atoms with Gasteiger partial charge >= 0.3 is 0 Å². The largest absolute Gasteiger partial charge is 0.354 e. The minimum absolute atomic E-state index is 0.0326. The number of carbonyl (C=O) groups excluding carboxylic acids is 1. The third kappa shape index (κ3) is 4.28. The summed E-state index contributed by atoms with van der Waals surface area (Å²) in [5.41, 5.74) is 0. The van der Waals surface area contributed by atoms with E-state index in [0.717, 1.165) is 0 Å². The number of anilines is 1. The van der Waals surface area contributed by atoms with E-state index in [2.05, 4.69) is 34.7 Å². The Morgan fingerprint density at radius 1 is 1.56 bits per heavy atom. The highest BCUT2D eigenvalue weighted by molar-refractivity contribution is 7.73. The molecule has 0 aliphatic rings. The first-order chi connectivity index (χ1) is 7.49. The summed E-state index contributed by atoms with van der Waals surface area (Å²) in [5, 5.41) is 13.1. The highest BCUT2D eigenvalue weighted by atomic mass is 32.1. The number of amides is 1. The lowest BCUT2D eigenvalue weighted by Gasteiger charge is -2.13. The molecule has 0 bridgehead atoms. The van der Waals surface area contributed by atoms with Crippen molar-refractivity contribution in [1.29, 1.82) is 0 Å². The van der Waals surface area contributed by atoms with Gasteiger partial charge < -0.3 is 10.6 Å². The Hall–Kier alpha value is -0.950. The van der Waals surface area contributed by atoms with Gasteiger partial charge in [-0.3, -0.25) is 9.89 Å². The van der Waals surface area contributed by atoms with Crippen molar-refractivity contribution in [2.75, 3.05) is 11.9 Å². The van der Waals surface area contributed by atoms with Crippen LogP contribution in [-0.2, 0) is 4.79 Å². The zero-order valence-electron chi connectivity index (χ0n) is 9.53. The molecule has 1 aromatic heterocycles. The molecule has 5 nitrogen and oxygen atoms in total. The van der Waals surface area contributed by atoms with Crippen molar-refractivity contribution in [2.24, 2.45) is 5.92 Å². The Bertz CT molecular complexity index is 398. The molecule has 90 valence electrons. The molecule has 0 saturated heterocycles. The van der Waals surface area contributed by atoms with Gasteiger partial charge in [-0.05, 0) is 25.1 Å². The topological polar surface area (TPSA) is 69.8 Å². The minimum atomic E-state index is -0.312. The van der Waals surface area contributed by atoms with Gasteiger partial charge in [0, 0.05) is 6.54 Å². The van der Waals surface area contributed by atoms with E-state index in [9.17, 15) is 4.79 Å². The molecular weight excluding hydrogens is 244 g/mol. The second kappa shape index (κ2) is 5.95. The fourth-order valence-corrected chi connectivity index (χ4v) is 1.88. The zero-order valence-corrected chi connectivity index (χ0v) is 11.2. The average Bonchev–Trinajstić information content (AvgIpc) is 2.60. The number of hydrogen-bond acceptors (Lipinski definition) is 5. The van der Waals surface area contributed by atoms with Gasteiger partial charge in [0.05, 0.1) is 0 Å². The van der Waals surface area contributed by atoms with Crippen molar-refractivity contribution in [3.63, 3.8) is 0 Å². The normalized spacial score (nSPS) is 12.5. The maximum absolute atomic E-state index is 11.6. The van der Waals surface area contributed by atoms with Crippen LogP contribution in [0.2, 0.25) is 0 Å². The number of carbonyl (C=O) groups is 1. The summed E-state index contributed by atoms with van der Waals surface area (Å²) in [4.78, 5) is 11.6. The molecule has 0 aromatic carbocycles. The lowest BCUT2D eigenvalue weighted by atomic mass is 10.2. The first-order valence-corrected chi connectivity index (χ1v) is 6.31. The third-order valence-electron chi connectivity index (χ3n) is 1.86. The third-order valence-corrected chi connectivity index (χ3v) is 2.88. The summed E-state index contributed by atoms with van der Waals surface area (Å²) in [6, 6.07) is -0.312. The van der Waals surface area contributed by atoms with Crippen LogP contribution in [-0.4, -0.2) is 28.7 Å². The van der Waals surface area contributed by atoms with Gasteiger partial charge in [0.2, 0.25) is 11.0 Å². The van der Waals surface area contributed by atoms with Gasteiger partial charge in [-0.25, -0.2) is 0 Å². The van der Waals surface area contributed by atoms with Crippen molar-refractivity contribution in [3.05, 3.63) is 3.95 Å². The summed E-state index contributed by atoms with van der Waals surface area (Å²) in [7, 11) is 0. The molecule has 0 spiro atoms. The highest BCUT2D eigenvalue weighted by Gasteiger charge is 2.13. The predicted octanol–water partition coefficient (Wildman–Crippen LogP) is 1.77.